The molecule has 0 aliphatic heterocycles. The van der Waals surface area contributed by atoms with Crippen molar-refractivity contribution in [1.29, 1.82) is 0 Å². The first kappa shape index (κ1) is 10.7. The van der Waals surface area contributed by atoms with Crippen LogP contribution in [0.4, 0.5) is 0 Å². The lowest BCUT2D eigenvalue weighted by Crippen LogP contribution is -1.97. The largest absolute Gasteiger partial charge is 0.300 e. The molecule has 1 heteroatoms. The topological polar surface area (TPSA) is 17.1 Å². The molecule has 0 unspecified atom stereocenters. The minimum absolute atomic E-state index is 0.246. The smallest absolute Gasteiger partial charge is 0.130 e. The molecule has 0 N–H and O–H groups in total. The maximum Gasteiger partial charge on any atom is 0.130 e. The molecule has 1 atom stereocenters. The molecular formula is C13H16O. The standard InChI is InChI=1S/C13H16O/c1-11(10-12(2)14)8-9-13-6-4-3-5-7-13/h3-9,11H,10H2,1-2H3/b9-8+/t11-/m1/s1. The molecule has 0 aliphatic rings. The van der Waals surface area contributed by atoms with Crippen molar-refractivity contribution in [2.24, 2.45) is 5.92 Å². The van der Waals surface area contributed by atoms with E-state index >= 15 is 0 Å². The van der Waals surface area contributed by atoms with Gasteiger partial charge in [0.2, 0.25) is 0 Å². The van der Waals surface area contributed by atoms with Gasteiger partial charge in [-0.25, -0.2) is 0 Å². The van der Waals surface area contributed by atoms with E-state index in [9.17, 15) is 4.79 Å². The zero-order chi connectivity index (χ0) is 10.4. The average Bonchev–Trinajstić information content (AvgIpc) is 2.15. The molecule has 1 aromatic carbocycles. The number of hydrogen-bond donors (Lipinski definition) is 0. The summed E-state index contributed by atoms with van der Waals surface area (Å²) in [5.74, 6) is 0.572. The third kappa shape index (κ3) is 4.04. The summed E-state index contributed by atoms with van der Waals surface area (Å²) >= 11 is 0. The normalized spacial score (nSPS) is 13.0. The number of ketones is 1. The summed E-state index contributed by atoms with van der Waals surface area (Å²) in [7, 11) is 0. The number of benzene rings is 1. The Kier molecular flexibility index (Phi) is 4.11. The summed E-state index contributed by atoms with van der Waals surface area (Å²) in [5.41, 5.74) is 1.18. The van der Waals surface area contributed by atoms with Crippen molar-refractivity contribution in [2.75, 3.05) is 0 Å². The van der Waals surface area contributed by atoms with E-state index in [1.807, 2.05) is 18.2 Å². The molecule has 0 saturated heterocycles. The summed E-state index contributed by atoms with van der Waals surface area (Å²) < 4.78 is 0. The fourth-order valence-electron chi connectivity index (χ4n) is 1.36. The van der Waals surface area contributed by atoms with Crippen molar-refractivity contribution in [3.8, 4) is 0 Å². The minimum Gasteiger partial charge on any atom is -0.300 e. The van der Waals surface area contributed by atoms with Crippen molar-refractivity contribution < 1.29 is 4.79 Å². The highest BCUT2D eigenvalue weighted by Crippen LogP contribution is 2.08. The summed E-state index contributed by atoms with van der Waals surface area (Å²) in [4.78, 5) is 10.8. The number of allylic oxidation sites excluding steroid dienone is 1. The summed E-state index contributed by atoms with van der Waals surface area (Å²) in [5, 5.41) is 0. The van der Waals surface area contributed by atoms with Crippen molar-refractivity contribution in [3.05, 3.63) is 42.0 Å². The van der Waals surface area contributed by atoms with E-state index in [0.717, 1.165) is 0 Å². The van der Waals surface area contributed by atoms with Crippen molar-refractivity contribution >= 4 is 11.9 Å². The SMILES string of the molecule is CC(=O)C[C@H](C)/C=C/c1ccccc1. The molecule has 0 spiro atoms. The Morgan fingerprint density at radius 3 is 2.57 bits per heavy atom. The third-order valence-electron chi connectivity index (χ3n) is 2.03. The lowest BCUT2D eigenvalue weighted by Gasteiger charge is -2.01. The molecule has 0 amide bonds. The molecular weight excluding hydrogens is 172 g/mol. The van der Waals surface area contributed by atoms with Crippen LogP contribution in [0, 0.1) is 5.92 Å². The van der Waals surface area contributed by atoms with Crippen LogP contribution in [0.5, 0.6) is 0 Å². The van der Waals surface area contributed by atoms with Gasteiger partial charge in [0.05, 0.1) is 0 Å². The van der Waals surface area contributed by atoms with Crippen LogP contribution in [-0.4, -0.2) is 5.78 Å². The summed E-state index contributed by atoms with van der Waals surface area (Å²) in [6.45, 7) is 3.69. The number of carbonyl (C=O) groups is 1. The van der Waals surface area contributed by atoms with Crippen LogP contribution < -0.4 is 0 Å². The van der Waals surface area contributed by atoms with Crippen LogP contribution in [0.1, 0.15) is 25.8 Å². The number of carbonyl (C=O) groups excluding carboxylic acids is 1. The van der Waals surface area contributed by atoms with Crippen molar-refractivity contribution in [1.82, 2.24) is 0 Å². The molecule has 0 heterocycles. The zero-order valence-corrected chi connectivity index (χ0v) is 8.73. The molecule has 0 bridgehead atoms. The molecule has 0 fully saturated rings. The molecule has 1 nitrogen and oxygen atoms in total. The van der Waals surface area contributed by atoms with Crippen LogP contribution in [0.3, 0.4) is 0 Å². The summed E-state index contributed by atoms with van der Waals surface area (Å²) in [6.07, 6.45) is 4.77. The fraction of sp³-hybridized carbons (Fsp3) is 0.308. The average molecular weight is 188 g/mol. The molecule has 14 heavy (non-hydrogen) atoms. The molecule has 1 aromatic rings. The van der Waals surface area contributed by atoms with Gasteiger partial charge in [0, 0.05) is 6.42 Å². The molecule has 74 valence electrons. The minimum atomic E-state index is 0.246. The first-order valence-corrected chi connectivity index (χ1v) is 4.91. The maximum atomic E-state index is 10.8. The lowest BCUT2D eigenvalue weighted by molar-refractivity contribution is -0.117. The predicted octanol–water partition coefficient (Wildman–Crippen LogP) is 3.32. The van der Waals surface area contributed by atoms with Gasteiger partial charge >= 0.3 is 0 Å². The van der Waals surface area contributed by atoms with Gasteiger partial charge in [0.25, 0.3) is 0 Å². The molecule has 0 aromatic heterocycles. The van der Waals surface area contributed by atoms with Gasteiger partial charge in [-0.2, -0.15) is 0 Å². The van der Waals surface area contributed by atoms with E-state index in [1.54, 1.807) is 6.92 Å². The third-order valence-corrected chi connectivity index (χ3v) is 2.03. The van der Waals surface area contributed by atoms with E-state index in [0.29, 0.717) is 12.3 Å². The van der Waals surface area contributed by atoms with Gasteiger partial charge in [-0.3, -0.25) is 0 Å². The lowest BCUT2D eigenvalue weighted by atomic mass is 10.0. The van der Waals surface area contributed by atoms with E-state index in [1.165, 1.54) is 5.56 Å². The van der Waals surface area contributed by atoms with E-state index in [-0.39, 0.29) is 5.78 Å². The van der Waals surface area contributed by atoms with E-state index < -0.39 is 0 Å². The second-order valence-corrected chi connectivity index (χ2v) is 3.65. The molecule has 1 rings (SSSR count). The Hall–Kier alpha value is -1.37. The van der Waals surface area contributed by atoms with Gasteiger partial charge in [-0.05, 0) is 18.4 Å². The van der Waals surface area contributed by atoms with Crippen molar-refractivity contribution in [3.63, 3.8) is 0 Å². The second kappa shape index (κ2) is 5.38. The predicted molar refractivity (Wildman–Crippen MR) is 59.9 cm³/mol. The number of hydrogen-bond acceptors (Lipinski definition) is 1. The first-order chi connectivity index (χ1) is 6.68. The van der Waals surface area contributed by atoms with Crippen LogP contribution in [0.2, 0.25) is 0 Å². The second-order valence-electron chi connectivity index (χ2n) is 3.65. The van der Waals surface area contributed by atoms with E-state index in [2.05, 4.69) is 31.2 Å². The van der Waals surface area contributed by atoms with Gasteiger partial charge in [-0.15, -0.1) is 0 Å². The van der Waals surface area contributed by atoms with Gasteiger partial charge in [0.15, 0.2) is 0 Å². The molecule has 0 radical (unpaired) electrons. The Balaban J connectivity index is 2.52. The Morgan fingerprint density at radius 1 is 1.36 bits per heavy atom. The fourth-order valence-corrected chi connectivity index (χ4v) is 1.36. The van der Waals surface area contributed by atoms with Crippen molar-refractivity contribution in [2.45, 2.75) is 20.3 Å². The quantitative estimate of drug-likeness (QED) is 0.708. The maximum absolute atomic E-state index is 10.8. The van der Waals surface area contributed by atoms with Crippen LogP contribution in [0.15, 0.2) is 36.4 Å². The number of rotatable bonds is 4. The Labute approximate surface area is 85.5 Å². The van der Waals surface area contributed by atoms with Gasteiger partial charge in [0.1, 0.15) is 5.78 Å². The Bertz CT molecular complexity index is 311. The highest BCUT2D eigenvalue weighted by atomic mass is 16.1. The summed E-state index contributed by atoms with van der Waals surface area (Å²) in [6, 6.07) is 10.1. The zero-order valence-electron chi connectivity index (χ0n) is 8.73. The first-order valence-electron chi connectivity index (χ1n) is 4.91. The van der Waals surface area contributed by atoms with Gasteiger partial charge in [-0.1, -0.05) is 49.4 Å². The molecule has 0 aliphatic carbocycles. The van der Waals surface area contributed by atoms with Gasteiger partial charge < -0.3 is 4.79 Å². The number of Topliss-reactive ketones (excluding diaryl/α,β-unsaturated/α-hetero) is 1. The van der Waals surface area contributed by atoms with Crippen LogP contribution in [-0.2, 0) is 4.79 Å². The Morgan fingerprint density at radius 2 is 2.00 bits per heavy atom. The van der Waals surface area contributed by atoms with E-state index in [4.69, 9.17) is 0 Å². The molecule has 0 saturated carbocycles. The van der Waals surface area contributed by atoms with Crippen LogP contribution >= 0.6 is 0 Å². The monoisotopic (exact) mass is 188 g/mol. The highest BCUT2D eigenvalue weighted by molar-refractivity contribution is 5.76. The highest BCUT2D eigenvalue weighted by Gasteiger charge is 1.99. The van der Waals surface area contributed by atoms with Crippen LogP contribution in [0.25, 0.3) is 6.08 Å².